The number of benzene rings is 2. The smallest absolute Gasteiger partial charge is 0.332 e. The normalized spacial score (nSPS) is 12.2. The van der Waals surface area contributed by atoms with Crippen molar-refractivity contribution in [3.63, 3.8) is 0 Å². The maximum absolute atomic E-state index is 13.5. The monoisotopic (exact) mass is 423 g/mol. The van der Waals surface area contributed by atoms with Gasteiger partial charge in [-0.05, 0) is 64.1 Å². The SMILES string of the molecule is Cc1ccc(NC(=O)N(c2ccc(F)cc2)c2ccnc(NC(C)C(C)(C)O)n2)cc1. The number of anilines is 4. The van der Waals surface area contributed by atoms with E-state index in [1.165, 1.54) is 35.4 Å². The zero-order valence-electron chi connectivity index (χ0n) is 17.9. The molecule has 0 spiro atoms. The van der Waals surface area contributed by atoms with Crippen LogP contribution in [0.15, 0.2) is 60.8 Å². The zero-order valence-corrected chi connectivity index (χ0v) is 17.9. The number of carbonyl (C=O) groups excluding carboxylic acids is 1. The molecule has 0 fully saturated rings. The second kappa shape index (κ2) is 9.09. The summed E-state index contributed by atoms with van der Waals surface area (Å²) in [6.45, 7) is 7.11. The topological polar surface area (TPSA) is 90.4 Å². The molecule has 8 heteroatoms. The van der Waals surface area contributed by atoms with Crippen LogP contribution in [0.1, 0.15) is 26.3 Å². The number of aliphatic hydroxyl groups is 1. The highest BCUT2D eigenvalue weighted by atomic mass is 19.1. The number of hydrogen-bond donors (Lipinski definition) is 3. The van der Waals surface area contributed by atoms with Gasteiger partial charge in [0.25, 0.3) is 0 Å². The Balaban J connectivity index is 1.94. The minimum Gasteiger partial charge on any atom is -0.388 e. The van der Waals surface area contributed by atoms with Gasteiger partial charge in [0.05, 0.1) is 17.3 Å². The molecule has 3 rings (SSSR count). The molecule has 7 nitrogen and oxygen atoms in total. The van der Waals surface area contributed by atoms with E-state index in [4.69, 9.17) is 0 Å². The van der Waals surface area contributed by atoms with E-state index in [9.17, 15) is 14.3 Å². The third-order valence-electron chi connectivity index (χ3n) is 4.87. The highest BCUT2D eigenvalue weighted by Gasteiger charge is 2.24. The predicted molar refractivity (Wildman–Crippen MR) is 120 cm³/mol. The summed E-state index contributed by atoms with van der Waals surface area (Å²) in [6, 6.07) is 13.7. The van der Waals surface area contributed by atoms with Gasteiger partial charge < -0.3 is 15.7 Å². The molecule has 0 aliphatic carbocycles. The van der Waals surface area contributed by atoms with Gasteiger partial charge in [-0.1, -0.05) is 17.7 Å². The van der Waals surface area contributed by atoms with Crippen LogP contribution in [0.2, 0.25) is 0 Å². The fourth-order valence-corrected chi connectivity index (χ4v) is 2.67. The van der Waals surface area contributed by atoms with Crippen LogP contribution in [0.25, 0.3) is 0 Å². The van der Waals surface area contributed by atoms with Crippen molar-refractivity contribution < 1.29 is 14.3 Å². The lowest BCUT2D eigenvalue weighted by atomic mass is 10.0. The molecule has 1 heterocycles. The van der Waals surface area contributed by atoms with E-state index in [1.807, 2.05) is 19.1 Å². The van der Waals surface area contributed by atoms with E-state index in [1.54, 1.807) is 39.0 Å². The van der Waals surface area contributed by atoms with Crippen molar-refractivity contribution in [2.45, 2.75) is 39.3 Å². The van der Waals surface area contributed by atoms with E-state index in [0.717, 1.165) is 5.56 Å². The molecule has 3 aromatic rings. The molecule has 0 aliphatic heterocycles. The number of aromatic nitrogens is 2. The molecular formula is C23H26FN5O2. The van der Waals surface area contributed by atoms with E-state index in [-0.39, 0.29) is 17.8 Å². The molecule has 0 bridgehead atoms. The molecule has 0 aliphatic rings. The van der Waals surface area contributed by atoms with Crippen LogP contribution >= 0.6 is 0 Å². The lowest BCUT2D eigenvalue weighted by Gasteiger charge is -2.27. The average Bonchev–Trinajstić information content (AvgIpc) is 2.71. The molecule has 2 aromatic carbocycles. The maximum atomic E-state index is 13.5. The Morgan fingerprint density at radius 3 is 2.35 bits per heavy atom. The van der Waals surface area contributed by atoms with Gasteiger partial charge in [-0.25, -0.2) is 19.1 Å². The first kappa shape index (κ1) is 22.2. The van der Waals surface area contributed by atoms with Crippen molar-refractivity contribution in [3.05, 3.63) is 72.2 Å². The average molecular weight is 423 g/mol. The Kier molecular flexibility index (Phi) is 6.50. The van der Waals surface area contributed by atoms with Crippen LogP contribution in [-0.4, -0.2) is 32.7 Å². The van der Waals surface area contributed by atoms with Gasteiger partial charge in [0.15, 0.2) is 0 Å². The van der Waals surface area contributed by atoms with Gasteiger partial charge in [0.1, 0.15) is 11.6 Å². The maximum Gasteiger partial charge on any atom is 0.332 e. The number of halogens is 1. The quantitative estimate of drug-likeness (QED) is 0.526. The zero-order chi connectivity index (χ0) is 22.6. The molecule has 162 valence electrons. The Bertz CT molecular complexity index is 1030. The highest BCUT2D eigenvalue weighted by molar-refractivity contribution is 6.06. The van der Waals surface area contributed by atoms with E-state index >= 15 is 0 Å². The number of rotatable bonds is 6. The molecule has 1 atom stereocenters. The molecule has 1 unspecified atom stereocenters. The third kappa shape index (κ3) is 5.76. The van der Waals surface area contributed by atoms with Crippen LogP contribution in [0.3, 0.4) is 0 Å². The molecule has 1 aromatic heterocycles. The number of amides is 2. The van der Waals surface area contributed by atoms with Crippen LogP contribution < -0.4 is 15.5 Å². The van der Waals surface area contributed by atoms with Crippen molar-refractivity contribution in [2.24, 2.45) is 0 Å². The summed E-state index contributed by atoms with van der Waals surface area (Å²) in [5.41, 5.74) is 1.12. The molecular weight excluding hydrogens is 397 g/mol. The number of carbonyl (C=O) groups is 1. The number of urea groups is 1. The predicted octanol–water partition coefficient (Wildman–Crippen LogP) is 4.87. The van der Waals surface area contributed by atoms with Gasteiger partial charge in [0, 0.05) is 18.0 Å². The number of hydrogen-bond acceptors (Lipinski definition) is 5. The van der Waals surface area contributed by atoms with Crippen molar-refractivity contribution in [3.8, 4) is 0 Å². The van der Waals surface area contributed by atoms with Gasteiger partial charge >= 0.3 is 6.03 Å². The van der Waals surface area contributed by atoms with Crippen molar-refractivity contribution in [1.29, 1.82) is 0 Å². The highest BCUT2D eigenvalue weighted by Crippen LogP contribution is 2.26. The first-order valence-corrected chi connectivity index (χ1v) is 9.89. The Morgan fingerprint density at radius 2 is 1.74 bits per heavy atom. The van der Waals surface area contributed by atoms with Crippen molar-refractivity contribution in [1.82, 2.24) is 9.97 Å². The number of nitrogens with zero attached hydrogens (tertiary/aromatic N) is 3. The largest absolute Gasteiger partial charge is 0.388 e. The molecule has 0 saturated heterocycles. The fraction of sp³-hybridized carbons (Fsp3) is 0.261. The first-order valence-electron chi connectivity index (χ1n) is 9.89. The van der Waals surface area contributed by atoms with Crippen LogP contribution in [0.5, 0.6) is 0 Å². The summed E-state index contributed by atoms with van der Waals surface area (Å²) in [6.07, 6.45) is 1.51. The summed E-state index contributed by atoms with van der Waals surface area (Å²) in [4.78, 5) is 23.1. The van der Waals surface area contributed by atoms with Crippen LogP contribution in [-0.2, 0) is 0 Å². The molecule has 0 radical (unpaired) electrons. The number of nitrogens with one attached hydrogen (secondary N) is 2. The van der Waals surface area contributed by atoms with Gasteiger partial charge in [0.2, 0.25) is 5.95 Å². The fourth-order valence-electron chi connectivity index (χ4n) is 2.67. The molecule has 0 saturated carbocycles. The lowest BCUT2D eigenvalue weighted by molar-refractivity contribution is 0.0646. The molecule has 2 amide bonds. The van der Waals surface area contributed by atoms with E-state index in [0.29, 0.717) is 11.4 Å². The summed E-state index contributed by atoms with van der Waals surface area (Å²) in [5, 5.41) is 16.1. The van der Waals surface area contributed by atoms with Crippen molar-refractivity contribution >= 4 is 29.2 Å². The number of aryl methyl sites for hydroxylation is 1. The summed E-state index contributed by atoms with van der Waals surface area (Å²) >= 11 is 0. The van der Waals surface area contributed by atoms with Crippen molar-refractivity contribution in [2.75, 3.05) is 15.5 Å². The minimum absolute atomic E-state index is 0.252. The Morgan fingerprint density at radius 1 is 1.10 bits per heavy atom. The third-order valence-corrected chi connectivity index (χ3v) is 4.87. The lowest BCUT2D eigenvalue weighted by Crippen LogP contribution is -2.40. The van der Waals surface area contributed by atoms with Gasteiger partial charge in [-0.2, -0.15) is 4.98 Å². The summed E-state index contributed by atoms with van der Waals surface area (Å²) in [7, 11) is 0. The van der Waals surface area contributed by atoms with Gasteiger partial charge in [-0.15, -0.1) is 0 Å². The first-order chi connectivity index (χ1) is 14.6. The summed E-state index contributed by atoms with van der Waals surface area (Å²) < 4.78 is 13.5. The Labute approximate surface area is 181 Å². The van der Waals surface area contributed by atoms with E-state index < -0.39 is 17.4 Å². The second-order valence-electron chi connectivity index (χ2n) is 7.87. The Hall–Kier alpha value is -3.52. The standard InChI is InChI=1S/C23H26FN5O2/c1-15-5-9-18(10-6-15)27-22(30)29(19-11-7-17(24)8-12-19)20-13-14-25-21(28-20)26-16(2)23(3,4)31/h5-14,16,31H,1-4H3,(H,27,30)(H,25,26,28). The van der Waals surface area contributed by atoms with E-state index in [2.05, 4.69) is 20.6 Å². The van der Waals surface area contributed by atoms with Crippen LogP contribution in [0.4, 0.5) is 32.3 Å². The summed E-state index contributed by atoms with van der Waals surface area (Å²) in [5.74, 6) is 0.130. The van der Waals surface area contributed by atoms with Gasteiger partial charge in [-0.3, -0.25) is 0 Å². The van der Waals surface area contributed by atoms with Crippen LogP contribution in [0, 0.1) is 12.7 Å². The second-order valence-corrected chi connectivity index (χ2v) is 7.87. The molecule has 3 N–H and O–H groups in total. The minimum atomic E-state index is -1.00. The molecule has 31 heavy (non-hydrogen) atoms.